The first kappa shape index (κ1) is 15.7. The molecule has 0 aliphatic rings. The summed E-state index contributed by atoms with van der Waals surface area (Å²) < 4.78 is 27.6. The quantitative estimate of drug-likeness (QED) is 0.754. The van der Waals surface area contributed by atoms with Crippen LogP contribution in [0.15, 0.2) is 38.3 Å². The van der Waals surface area contributed by atoms with Gasteiger partial charge in [0.25, 0.3) is 10.0 Å². The molecule has 0 unspecified atom stereocenters. The van der Waals surface area contributed by atoms with Crippen molar-refractivity contribution in [1.82, 2.24) is 0 Å². The van der Waals surface area contributed by atoms with Crippen molar-refractivity contribution in [1.29, 1.82) is 0 Å². The fourth-order valence-corrected chi connectivity index (χ4v) is 4.98. The molecule has 2 aromatic rings. The van der Waals surface area contributed by atoms with Crippen molar-refractivity contribution >= 4 is 71.8 Å². The standard InChI is InChI=1S/C11H8BrClN2O2S3/c12-10-8(13)5-9(19-10)20(16,17)15-7-3-1-2-6(4-7)11(14)18/h1-5,15H,(H2,14,18). The predicted molar refractivity (Wildman–Crippen MR) is 90.2 cm³/mol. The van der Waals surface area contributed by atoms with Crippen molar-refractivity contribution in [3.8, 4) is 0 Å². The van der Waals surface area contributed by atoms with E-state index in [-0.39, 0.29) is 9.20 Å². The summed E-state index contributed by atoms with van der Waals surface area (Å²) in [5.41, 5.74) is 6.49. The molecule has 1 heterocycles. The predicted octanol–water partition coefficient (Wildman–Crippen LogP) is 3.60. The van der Waals surface area contributed by atoms with Crippen LogP contribution in [0.4, 0.5) is 5.69 Å². The lowest BCUT2D eigenvalue weighted by Gasteiger charge is -2.07. The first-order valence-electron chi connectivity index (χ1n) is 5.17. The molecule has 0 atom stereocenters. The summed E-state index contributed by atoms with van der Waals surface area (Å²) in [6.07, 6.45) is 0. The molecule has 0 radical (unpaired) electrons. The Hall–Kier alpha value is -0.670. The fourth-order valence-electron chi connectivity index (χ4n) is 1.40. The molecular weight excluding hydrogens is 404 g/mol. The second-order valence-electron chi connectivity index (χ2n) is 3.74. The van der Waals surface area contributed by atoms with Gasteiger partial charge in [0, 0.05) is 11.3 Å². The molecule has 106 valence electrons. The van der Waals surface area contributed by atoms with Crippen molar-refractivity contribution in [2.45, 2.75) is 4.21 Å². The van der Waals surface area contributed by atoms with Crippen LogP contribution in [0.3, 0.4) is 0 Å². The first-order valence-corrected chi connectivity index (χ1v) is 9.05. The van der Waals surface area contributed by atoms with E-state index >= 15 is 0 Å². The van der Waals surface area contributed by atoms with Crippen molar-refractivity contribution in [2.24, 2.45) is 5.73 Å². The maximum Gasteiger partial charge on any atom is 0.271 e. The van der Waals surface area contributed by atoms with Crippen LogP contribution in [0.25, 0.3) is 0 Å². The van der Waals surface area contributed by atoms with E-state index < -0.39 is 10.0 Å². The molecule has 3 N–H and O–H groups in total. The monoisotopic (exact) mass is 410 g/mol. The molecule has 20 heavy (non-hydrogen) atoms. The van der Waals surface area contributed by atoms with Gasteiger partial charge in [-0.05, 0) is 34.1 Å². The average molecular weight is 412 g/mol. The van der Waals surface area contributed by atoms with E-state index in [4.69, 9.17) is 29.6 Å². The number of sulfonamides is 1. The number of rotatable bonds is 4. The second kappa shape index (κ2) is 5.98. The van der Waals surface area contributed by atoms with E-state index in [9.17, 15) is 8.42 Å². The highest BCUT2D eigenvalue weighted by molar-refractivity contribution is 9.11. The summed E-state index contributed by atoms with van der Waals surface area (Å²) in [6, 6.07) is 7.95. The van der Waals surface area contributed by atoms with Crippen molar-refractivity contribution < 1.29 is 8.42 Å². The molecule has 0 fully saturated rings. The van der Waals surface area contributed by atoms with E-state index in [1.165, 1.54) is 6.07 Å². The van der Waals surface area contributed by atoms with Crippen molar-refractivity contribution in [2.75, 3.05) is 4.72 Å². The normalized spacial score (nSPS) is 11.3. The minimum Gasteiger partial charge on any atom is -0.389 e. The number of nitrogens with one attached hydrogen (secondary N) is 1. The molecule has 0 saturated heterocycles. The van der Waals surface area contributed by atoms with Crippen LogP contribution >= 0.6 is 51.1 Å². The molecule has 1 aromatic carbocycles. The van der Waals surface area contributed by atoms with Gasteiger partial charge in [0.05, 0.1) is 8.81 Å². The summed E-state index contributed by atoms with van der Waals surface area (Å²) in [7, 11) is -3.69. The lowest BCUT2D eigenvalue weighted by atomic mass is 10.2. The fraction of sp³-hybridized carbons (Fsp3) is 0. The molecule has 0 amide bonds. The third-order valence-electron chi connectivity index (χ3n) is 2.29. The van der Waals surface area contributed by atoms with Gasteiger partial charge in [-0.2, -0.15) is 0 Å². The maximum absolute atomic E-state index is 12.2. The zero-order chi connectivity index (χ0) is 14.9. The molecule has 0 bridgehead atoms. The Morgan fingerprint density at radius 2 is 2.10 bits per heavy atom. The van der Waals surface area contributed by atoms with Crippen LogP contribution in [0.5, 0.6) is 0 Å². The van der Waals surface area contributed by atoms with Crippen LogP contribution in [0.1, 0.15) is 5.56 Å². The smallest absolute Gasteiger partial charge is 0.271 e. The molecule has 9 heteroatoms. The first-order chi connectivity index (χ1) is 9.29. The summed E-state index contributed by atoms with van der Waals surface area (Å²) >= 11 is 14.9. The van der Waals surface area contributed by atoms with Gasteiger partial charge >= 0.3 is 0 Å². The highest BCUT2D eigenvalue weighted by atomic mass is 79.9. The highest BCUT2D eigenvalue weighted by Crippen LogP contribution is 2.35. The zero-order valence-corrected chi connectivity index (χ0v) is 14.6. The largest absolute Gasteiger partial charge is 0.389 e. The highest BCUT2D eigenvalue weighted by Gasteiger charge is 2.19. The number of hydrogen-bond donors (Lipinski definition) is 2. The van der Waals surface area contributed by atoms with Gasteiger partial charge in [-0.25, -0.2) is 8.42 Å². The van der Waals surface area contributed by atoms with Crippen molar-refractivity contribution in [3.05, 3.63) is 44.7 Å². The Kier molecular flexibility index (Phi) is 4.70. The van der Waals surface area contributed by atoms with Gasteiger partial charge in [0.2, 0.25) is 0 Å². The number of anilines is 1. The summed E-state index contributed by atoms with van der Waals surface area (Å²) in [4.78, 5) is 0.202. The van der Waals surface area contributed by atoms with Gasteiger partial charge in [-0.15, -0.1) is 11.3 Å². The lowest BCUT2D eigenvalue weighted by Crippen LogP contribution is -2.13. The minimum absolute atomic E-state index is 0.120. The lowest BCUT2D eigenvalue weighted by molar-refractivity contribution is 0.603. The molecular formula is C11H8BrClN2O2S3. The minimum atomic E-state index is -3.69. The number of hydrogen-bond acceptors (Lipinski definition) is 4. The molecule has 4 nitrogen and oxygen atoms in total. The third-order valence-corrected chi connectivity index (χ3v) is 6.85. The molecule has 0 spiro atoms. The Morgan fingerprint density at radius 1 is 1.40 bits per heavy atom. The van der Waals surface area contributed by atoms with Gasteiger partial charge in [0.15, 0.2) is 0 Å². The van der Waals surface area contributed by atoms with Gasteiger partial charge in [0.1, 0.15) is 9.20 Å². The Labute approximate surface area is 139 Å². The van der Waals surface area contributed by atoms with E-state index in [2.05, 4.69) is 20.7 Å². The van der Waals surface area contributed by atoms with Crippen LogP contribution in [-0.2, 0) is 10.0 Å². The summed E-state index contributed by atoms with van der Waals surface area (Å²) in [6.45, 7) is 0. The Balaban J connectivity index is 2.33. The van der Waals surface area contributed by atoms with Gasteiger partial charge in [-0.3, -0.25) is 4.72 Å². The Bertz CT molecular complexity index is 754. The molecule has 1 aromatic heterocycles. The number of thiocarbonyl (C=S) groups is 1. The third kappa shape index (κ3) is 3.50. The van der Waals surface area contributed by atoms with E-state index in [0.29, 0.717) is 20.1 Å². The summed E-state index contributed by atoms with van der Waals surface area (Å²) in [5, 5.41) is 0.354. The average Bonchev–Trinajstić information content (AvgIpc) is 2.70. The van der Waals surface area contributed by atoms with Gasteiger partial charge < -0.3 is 5.73 Å². The van der Waals surface area contributed by atoms with E-state index in [1.807, 2.05) is 0 Å². The van der Waals surface area contributed by atoms with E-state index in [1.54, 1.807) is 24.3 Å². The van der Waals surface area contributed by atoms with Gasteiger partial charge in [-0.1, -0.05) is 36.0 Å². The molecule has 0 saturated carbocycles. The second-order valence-corrected chi connectivity index (χ2v) is 8.86. The van der Waals surface area contributed by atoms with Crippen LogP contribution in [0, 0.1) is 0 Å². The van der Waals surface area contributed by atoms with Crippen LogP contribution in [0.2, 0.25) is 5.02 Å². The topological polar surface area (TPSA) is 72.2 Å². The number of nitrogens with two attached hydrogens (primary N) is 1. The molecule has 2 rings (SSSR count). The summed E-state index contributed by atoms with van der Waals surface area (Å²) in [5.74, 6) is 0. The van der Waals surface area contributed by atoms with Crippen LogP contribution < -0.4 is 10.5 Å². The van der Waals surface area contributed by atoms with E-state index in [0.717, 1.165) is 11.3 Å². The SMILES string of the molecule is NC(=S)c1cccc(NS(=O)(=O)c2cc(Cl)c(Br)s2)c1. The Morgan fingerprint density at radius 3 is 2.65 bits per heavy atom. The molecule has 0 aliphatic carbocycles. The number of benzene rings is 1. The number of thiophene rings is 1. The maximum atomic E-state index is 12.2. The van der Waals surface area contributed by atoms with Crippen LogP contribution in [-0.4, -0.2) is 13.4 Å². The van der Waals surface area contributed by atoms with Crippen molar-refractivity contribution in [3.63, 3.8) is 0 Å². The zero-order valence-electron chi connectivity index (χ0n) is 9.76. The molecule has 0 aliphatic heterocycles. The number of halogens is 2.